The van der Waals surface area contributed by atoms with E-state index in [-0.39, 0.29) is 84.8 Å². The van der Waals surface area contributed by atoms with Crippen LogP contribution in [0.4, 0.5) is 9.59 Å². The second-order valence-corrected chi connectivity index (χ2v) is 22.5. The molecule has 0 saturated carbocycles. The number of benzene rings is 2. The molecule has 20 heteroatoms. The molecule has 2 aromatic rings. The molecule has 20 nitrogen and oxygen atoms in total. The predicted octanol–water partition coefficient (Wildman–Crippen LogP) is 3.45. The molecule has 0 aromatic heterocycles. The first-order chi connectivity index (χ1) is 37.8. The van der Waals surface area contributed by atoms with Crippen molar-refractivity contribution in [2.75, 3.05) is 53.4 Å². The Balaban J connectivity index is 0.763. The monoisotopic (exact) mass is 1080 g/mol. The second kappa shape index (κ2) is 27.5. The maximum absolute atomic E-state index is 14.5. The SMILES string of the molecule is CN[C@@H](C)C(=O)N[C@H]1CN(C(=O)NCCCCCCCCNC(=O)N2CC[C@H]3CC[C@@H](C(=O)N[C@@H]4CCCc5ccccc54)N3C(=O)[C@@H](NC(=O)[C@H](C)NC)C2)CC[C@H]2CCC(C(=O)N[C@@H]3CCCc4ccccc43)N2C1=O. The molecular weight excluding hydrogens is 993 g/mol. The molecule has 4 fully saturated rings. The summed E-state index contributed by atoms with van der Waals surface area (Å²) in [6, 6.07) is 10.5. The van der Waals surface area contributed by atoms with Crippen LogP contribution in [0.5, 0.6) is 0 Å². The minimum Gasteiger partial charge on any atom is -0.347 e. The topological polar surface area (TPSA) is 246 Å². The van der Waals surface area contributed by atoms with Crippen molar-refractivity contribution in [1.29, 1.82) is 0 Å². The zero-order valence-electron chi connectivity index (χ0n) is 46.4. The van der Waals surface area contributed by atoms with E-state index in [4.69, 9.17) is 0 Å². The summed E-state index contributed by atoms with van der Waals surface area (Å²) >= 11 is 0. The van der Waals surface area contributed by atoms with Gasteiger partial charge in [0.2, 0.25) is 35.4 Å². The Kier molecular flexibility index (Phi) is 20.4. The molecule has 0 bridgehead atoms. The fourth-order valence-corrected chi connectivity index (χ4v) is 12.6. The van der Waals surface area contributed by atoms with Crippen molar-refractivity contribution < 1.29 is 38.4 Å². The van der Waals surface area contributed by atoms with Crippen molar-refractivity contribution in [3.05, 3.63) is 70.8 Å². The molecule has 6 aliphatic rings. The maximum Gasteiger partial charge on any atom is 0.317 e. The molecule has 0 spiro atoms. The van der Waals surface area contributed by atoms with Gasteiger partial charge in [0.1, 0.15) is 24.2 Å². The third-order valence-corrected chi connectivity index (χ3v) is 17.4. The highest BCUT2D eigenvalue weighted by molar-refractivity contribution is 5.96. The number of fused-ring (bicyclic) bond motifs is 4. The number of urea groups is 2. The van der Waals surface area contributed by atoms with Gasteiger partial charge in [0, 0.05) is 38.3 Å². The van der Waals surface area contributed by atoms with Gasteiger partial charge in [-0.1, -0.05) is 74.2 Å². The van der Waals surface area contributed by atoms with Crippen LogP contribution in [0.25, 0.3) is 0 Å². The van der Waals surface area contributed by atoms with Crippen LogP contribution in [0.3, 0.4) is 0 Å². The number of aryl methyl sites for hydroxylation is 2. The Labute approximate surface area is 460 Å². The molecule has 0 radical (unpaired) electrons. The molecule has 1 unspecified atom stereocenters. The molecule has 8 N–H and O–H groups in total. The Hall–Kier alpha value is -6.28. The van der Waals surface area contributed by atoms with Crippen molar-refractivity contribution >= 4 is 47.5 Å². The lowest BCUT2D eigenvalue weighted by molar-refractivity contribution is -0.145. The highest BCUT2D eigenvalue weighted by Crippen LogP contribution is 2.35. The van der Waals surface area contributed by atoms with E-state index < -0.39 is 36.3 Å². The molecule has 4 saturated heterocycles. The lowest BCUT2D eigenvalue weighted by Gasteiger charge is -2.39. The van der Waals surface area contributed by atoms with Gasteiger partial charge in [0.25, 0.3) is 0 Å². The van der Waals surface area contributed by atoms with E-state index in [1.165, 1.54) is 11.1 Å². The minimum absolute atomic E-state index is 0.0175. The normalized spacial score (nSPS) is 25.8. The summed E-state index contributed by atoms with van der Waals surface area (Å²) in [5, 5.41) is 24.2. The minimum atomic E-state index is -1.02. The van der Waals surface area contributed by atoms with Gasteiger partial charge in [-0.2, -0.15) is 0 Å². The van der Waals surface area contributed by atoms with Crippen LogP contribution in [-0.2, 0) is 41.6 Å². The summed E-state index contributed by atoms with van der Waals surface area (Å²) in [7, 11) is 3.33. The molecular formula is C58H86N12O8. The number of nitrogens with zero attached hydrogens (tertiary/aromatic N) is 4. The second-order valence-electron chi connectivity index (χ2n) is 22.5. The quantitative estimate of drug-likeness (QED) is 0.0953. The number of hydrogen-bond donors (Lipinski definition) is 8. The third-order valence-electron chi connectivity index (χ3n) is 17.4. The summed E-state index contributed by atoms with van der Waals surface area (Å²) in [6.45, 7) is 5.01. The van der Waals surface area contributed by atoms with E-state index in [0.717, 1.165) is 88.2 Å². The van der Waals surface area contributed by atoms with E-state index in [0.29, 0.717) is 64.7 Å². The van der Waals surface area contributed by atoms with Crippen molar-refractivity contribution in [1.82, 2.24) is 62.1 Å². The van der Waals surface area contributed by atoms with Gasteiger partial charge in [0.15, 0.2) is 0 Å². The largest absolute Gasteiger partial charge is 0.347 e. The van der Waals surface area contributed by atoms with E-state index in [9.17, 15) is 38.4 Å². The number of carbonyl (C=O) groups excluding carboxylic acids is 8. The summed E-state index contributed by atoms with van der Waals surface area (Å²) in [4.78, 5) is 117. The summed E-state index contributed by atoms with van der Waals surface area (Å²) in [5.74, 6) is -1.79. The van der Waals surface area contributed by atoms with Gasteiger partial charge in [-0.15, -0.1) is 0 Å². The Morgan fingerprint density at radius 3 is 1.31 bits per heavy atom. The summed E-state index contributed by atoms with van der Waals surface area (Å²) < 4.78 is 0. The molecule has 2 aliphatic carbocycles. The number of likely N-dealkylation sites (N-methyl/N-ethyl adjacent to an activating group) is 2. The van der Waals surface area contributed by atoms with Crippen LogP contribution in [0.1, 0.15) is 151 Å². The van der Waals surface area contributed by atoms with Crippen LogP contribution in [0, 0.1) is 0 Å². The first kappa shape index (κ1) is 57.9. The standard InChI is InChI=1S/C58H86N12O8/c1-37(59-3)51(71)65-47-35-67(33-29-41-25-27-49(69(41)55(47)75)53(73)63-45-23-15-19-39-17-9-11-21-43(39)45)57(77)61-31-13-7-5-6-8-14-32-62-58(78)68-34-30-42-26-28-50(70(42)56(76)48(36-68)66-52(72)38(2)60-4)54(74)64-46-24-16-20-40-18-10-12-22-44(40)46/h9-12,17-18,21-22,37-38,41-42,45-50,59-60H,5-8,13-16,19-20,23-36H2,1-4H3,(H,61,77)(H,62,78)(H,63,73)(H,64,74)(H,65,71)(H,66,72)/t37-,38-,41+,42+,45+,46+,47-,48-,49-,50?/m0/s1. The van der Waals surface area contributed by atoms with Gasteiger partial charge in [-0.25, -0.2) is 9.59 Å². The average Bonchev–Trinajstić information content (AvgIpc) is 4.08. The fraction of sp³-hybridized carbons (Fsp3) is 0.655. The Morgan fingerprint density at radius 2 is 0.897 bits per heavy atom. The van der Waals surface area contributed by atoms with E-state index in [2.05, 4.69) is 66.8 Å². The van der Waals surface area contributed by atoms with Gasteiger partial charge < -0.3 is 62.1 Å². The first-order valence-corrected chi connectivity index (χ1v) is 29.2. The molecule has 10 atom stereocenters. The lowest BCUT2D eigenvalue weighted by atomic mass is 9.87. The molecule has 8 rings (SSSR count). The van der Waals surface area contributed by atoms with E-state index in [1.54, 1.807) is 47.5 Å². The highest BCUT2D eigenvalue weighted by atomic mass is 16.2. The van der Waals surface area contributed by atoms with E-state index >= 15 is 0 Å². The van der Waals surface area contributed by atoms with Crippen molar-refractivity contribution in [3.8, 4) is 0 Å². The number of amides is 10. The number of nitrogens with one attached hydrogen (secondary N) is 8. The average molecular weight is 1080 g/mol. The summed E-state index contributed by atoms with van der Waals surface area (Å²) in [6.07, 6.45) is 14.0. The van der Waals surface area contributed by atoms with Gasteiger partial charge in [0.05, 0.1) is 37.3 Å². The summed E-state index contributed by atoms with van der Waals surface area (Å²) in [5.41, 5.74) is 4.72. The zero-order chi connectivity index (χ0) is 55.3. The Morgan fingerprint density at radius 1 is 0.500 bits per heavy atom. The maximum atomic E-state index is 14.5. The van der Waals surface area contributed by atoms with Crippen LogP contribution in [-0.4, -0.2) is 169 Å². The molecule has 78 heavy (non-hydrogen) atoms. The Bertz CT molecular complexity index is 2290. The number of rotatable bonds is 19. The van der Waals surface area contributed by atoms with Crippen LogP contribution in [0.2, 0.25) is 0 Å². The fourth-order valence-electron chi connectivity index (χ4n) is 12.6. The molecule has 10 amide bonds. The highest BCUT2D eigenvalue weighted by Gasteiger charge is 2.48. The van der Waals surface area contributed by atoms with Gasteiger partial charge in [-0.3, -0.25) is 28.8 Å². The molecule has 2 aromatic carbocycles. The predicted molar refractivity (Wildman–Crippen MR) is 296 cm³/mol. The van der Waals surface area contributed by atoms with Crippen LogP contribution < -0.4 is 42.5 Å². The van der Waals surface area contributed by atoms with Crippen LogP contribution in [0.15, 0.2) is 48.5 Å². The van der Waals surface area contributed by atoms with Crippen molar-refractivity contribution in [2.24, 2.45) is 0 Å². The van der Waals surface area contributed by atoms with Crippen LogP contribution >= 0.6 is 0 Å². The van der Waals surface area contributed by atoms with Gasteiger partial charge in [-0.05, 0) is 140 Å². The number of unbranched alkanes of at least 4 members (excludes halogenated alkanes) is 5. The number of carbonyl (C=O) groups is 8. The molecule has 4 aliphatic heterocycles. The smallest absolute Gasteiger partial charge is 0.317 e. The van der Waals surface area contributed by atoms with Crippen molar-refractivity contribution in [3.63, 3.8) is 0 Å². The molecule has 426 valence electrons. The van der Waals surface area contributed by atoms with Crippen molar-refractivity contribution in [2.45, 2.75) is 190 Å². The molecule has 4 heterocycles. The van der Waals surface area contributed by atoms with Gasteiger partial charge >= 0.3 is 12.1 Å². The number of hydrogen-bond acceptors (Lipinski definition) is 10. The van der Waals surface area contributed by atoms with E-state index in [1.807, 2.05) is 24.3 Å². The zero-order valence-corrected chi connectivity index (χ0v) is 46.4. The lowest BCUT2D eigenvalue weighted by Crippen LogP contribution is -2.63. The third kappa shape index (κ3) is 14.1. The first-order valence-electron chi connectivity index (χ1n) is 29.2.